The minimum Gasteiger partial charge on any atom is -0.496 e. The largest absolute Gasteiger partial charge is 0.496 e. The number of piperidine rings is 1. The molecular formula is C29H30F2N2O4. The van der Waals surface area contributed by atoms with Crippen LogP contribution in [0.15, 0.2) is 60.7 Å². The number of methoxy groups -OCH3 is 2. The molecule has 1 N–H and O–H groups in total. The Labute approximate surface area is 215 Å². The van der Waals surface area contributed by atoms with E-state index in [0.29, 0.717) is 41.6 Å². The Morgan fingerprint density at radius 2 is 1.57 bits per heavy atom. The molecule has 0 atom stereocenters. The van der Waals surface area contributed by atoms with Crippen molar-refractivity contribution in [3.63, 3.8) is 0 Å². The summed E-state index contributed by atoms with van der Waals surface area (Å²) >= 11 is 0. The first-order valence-corrected chi connectivity index (χ1v) is 12.2. The number of nitrogens with zero attached hydrogens (tertiary/aromatic N) is 1. The molecule has 0 saturated carbocycles. The smallest absolute Gasteiger partial charge is 0.228 e. The maximum absolute atomic E-state index is 13.9. The summed E-state index contributed by atoms with van der Waals surface area (Å²) in [5.41, 5.74) is 2.91. The topological polar surface area (TPSA) is 67.9 Å². The maximum Gasteiger partial charge on any atom is 0.228 e. The number of carbonyl (C=O) groups excluding carboxylic acids is 2. The predicted octanol–water partition coefficient (Wildman–Crippen LogP) is 5.11. The zero-order chi connectivity index (χ0) is 26.4. The highest BCUT2D eigenvalue weighted by Crippen LogP contribution is 2.29. The molecule has 0 aromatic heterocycles. The molecule has 3 aromatic carbocycles. The number of ether oxygens (including phenoxy) is 2. The maximum atomic E-state index is 13.9. The lowest BCUT2D eigenvalue weighted by Gasteiger charge is -2.32. The summed E-state index contributed by atoms with van der Waals surface area (Å²) in [5.74, 6) is -0.238. The first kappa shape index (κ1) is 26.1. The monoisotopic (exact) mass is 508 g/mol. The predicted molar refractivity (Wildman–Crippen MR) is 137 cm³/mol. The molecule has 0 aliphatic carbocycles. The molecule has 0 spiro atoms. The molecule has 194 valence electrons. The van der Waals surface area contributed by atoms with E-state index in [9.17, 15) is 18.4 Å². The van der Waals surface area contributed by atoms with E-state index in [1.54, 1.807) is 6.07 Å². The fourth-order valence-electron chi connectivity index (χ4n) is 4.67. The van der Waals surface area contributed by atoms with Gasteiger partial charge in [0, 0.05) is 24.3 Å². The molecule has 3 aromatic rings. The van der Waals surface area contributed by atoms with Crippen LogP contribution in [0, 0.1) is 11.6 Å². The van der Waals surface area contributed by atoms with E-state index in [4.69, 9.17) is 9.47 Å². The second-order valence-electron chi connectivity index (χ2n) is 9.10. The number of hydrogen-bond acceptors (Lipinski definition) is 4. The van der Waals surface area contributed by atoms with Gasteiger partial charge in [0.1, 0.15) is 11.6 Å². The van der Waals surface area contributed by atoms with Gasteiger partial charge in [-0.2, -0.15) is 0 Å². The number of hydrogen-bond donors (Lipinski definition) is 1. The Morgan fingerprint density at radius 3 is 2.22 bits per heavy atom. The molecule has 6 nitrogen and oxygen atoms in total. The Bertz CT molecular complexity index is 1260. The van der Waals surface area contributed by atoms with Crippen LogP contribution < -0.4 is 14.8 Å². The third-order valence-corrected chi connectivity index (χ3v) is 6.68. The van der Waals surface area contributed by atoms with Crippen LogP contribution in [-0.4, -0.2) is 44.0 Å². The van der Waals surface area contributed by atoms with Crippen molar-refractivity contribution in [1.29, 1.82) is 0 Å². The van der Waals surface area contributed by atoms with Crippen LogP contribution in [0.1, 0.15) is 35.4 Å². The molecule has 1 fully saturated rings. The number of nitrogens with one attached hydrogen (secondary N) is 1. The molecule has 2 amide bonds. The second-order valence-corrected chi connectivity index (χ2v) is 9.10. The number of benzene rings is 3. The van der Waals surface area contributed by atoms with Crippen LogP contribution in [0.3, 0.4) is 0 Å². The number of likely N-dealkylation sites (tertiary alicyclic amines) is 1. The number of amides is 2. The zero-order valence-electron chi connectivity index (χ0n) is 20.9. The average molecular weight is 509 g/mol. The first-order valence-electron chi connectivity index (χ1n) is 12.2. The highest BCUT2D eigenvalue weighted by molar-refractivity contribution is 5.92. The summed E-state index contributed by atoms with van der Waals surface area (Å²) in [6.45, 7) is 1.27. The van der Waals surface area contributed by atoms with Gasteiger partial charge in [0.25, 0.3) is 0 Å². The molecule has 37 heavy (non-hydrogen) atoms. The van der Waals surface area contributed by atoms with Crippen molar-refractivity contribution in [3.8, 4) is 11.5 Å². The molecule has 1 aliphatic heterocycles. The van der Waals surface area contributed by atoms with Crippen molar-refractivity contribution in [3.05, 3.63) is 89.0 Å². The Balaban J connectivity index is 1.28. The van der Waals surface area contributed by atoms with Crippen molar-refractivity contribution in [2.75, 3.05) is 32.6 Å². The fourth-order valence-corrected chi connectivity index (χ4v) is 4.67. The van der Waals surface area contributed by atoms with E-state index in [2.05, 4.69) is 5.32 Å². The van der Waals surface area contributed by atoms with Crippen molar-refractivity contribution >= 4 is 17.5 Å². The standard InChI is InChI=1S/C29H30F2N2O4/c1-36-26-10-6-23(30)17-22(26)18-28(34)32-24-7-4-20(5-8-24)21-11-13-33(14-12-21)29(35)16-19-3-9-27(37-2)25(31)15-19/h3-10,15,17,21H,11-14,16,18H2,1-2H3,(H,32,34). The van der Waals surface area contributed by atoms with Crippen LogP contribution in [0.2, 0.25) is 0 Å². The average Bonchev–Trinajstić information content (AvgIpc) is 2.89. The van der Waals surface area contributed by atoms with Gasteiger partial charge in [-0.1, -0.05) is 18.2 Å². The lowest BCUT2D eigenvalue weighted by molar-refractivity contribution is -0.131. The molecule has 8 heteroatoms. The highest BCUT2D eigenvalue weighted by Gasteiger charge is 2.24. The summed E-state index contributed by atoms with van der Waals surface area (Å²) in [6, 6.07) is 16.4. The van der Waals surface area contributed by atoms with Gasteiger partial charge in [-0.25, -0.2) is 8.78 Å². The minimum atomic E-state index is -0.472. The number of anilines is 1. The third kappa shape index (κ3) is 6.64. The van der Waals surface area contributed by atoms with E-state index in [0.717, 1.165) is 18.4 Å². The minimum absolute atomic E-state index is 0.00165. The summed E-state index contributed by atoms with van der Waals surface area (Å²) in [6.07, 6.45) is 1.81. The van der Waals surface area contributed by atoms with Gasteiger partial charge in [-0.3, -0.25) is 9.59 Å². The van der Waals surface area contributed by atoms with Crippen molar-refractivity contribution in [2.45, 2.75) is 31.6 Å². The van der Waals surface area contributed by atoms with E-state index < -0.39 is 11.6 Å². The Morgan fingerprint density at radius 1 is 0.892 bits per heavy atom. The van der Waals surface area contributed by atoms with Crippen LogP contribution >= 0.6 is 0 Å². The number of halogens is 2. The molecule has 0 bridgehead atoms. The molecule has 0 unspecified atom stereocenters. The van der Waals surface area contributed by atoms with Crippen LogP contribution in [0.5, 0.6) is 11.5 Å². The highest BCUT2D eigenvalue weighted by atomic mass is 19.1. The third-order valence-electron chi connectivity index (χ3n) is 6.68. The zero-order valence-corrected chi connectivity index (χ0v) is 20.9. The van der Waals surface area contributed by atoms with Crippen LogP contribution in [0.25, 0.3) is 0 Å². The van der Waals surface area contributed by atoms with Crippen LogP contribution in [-0.2, 0) is 22.4 Å². The summed E-state index contributed by atoms with van der Waals surface area (Å²) in [7, 11) is 2.89. The molecular weight excluding hydrogens is 478 g/mol. The van der Waals surface area contributed by atoms with Gasteiger partial charge in [0.2, 0.25) is 11.8 Å². The molecule has 1 heterocycles. The van der Waals surface area contributed by atoms with Gasteiger partial charge in [0.15, 0.2) is 11.6 Å². The van der Waals surface area contributed by atoms with Gasteiger partial charge in [-0.15, -0.1) is 0 Å². The molecule has 1 saturated heterocycles. The van der Waals surface area contributed by atoms with E-state index in [1.807, 2.05) is 29.2 Å². The Hall–Kier alpha value is -3.94. The van der Waals surface area contributed by atoms with Gasteiger partial charge in [0.05, 0.1) is 27.1 Å². The normalized spacial score (nSPS) is 13.8. The van der Waals surface area contributed by atoms with Crippen molar-refractivity contribution in [2.24, 2.45) is 0 Å². The SMILES string of the molecule is COc1ccc(CC(=O)N2CCC(c3ccc(NC(=O)Cc4cc(F)ccc4OC)cc3)CC2)cc1F. The quantitative estimate of drug-likeness (QED) is 0.459. The Kier molecular flexibility index (Phi) is 8.38. The van der Waals surface area contributed by atoms with E-state index >= 15 is 0 Å². The van der Waals surface area contributed by atoms with Gasteiger partial charge < -0.3 is 19.7 Å². The van der Waals surface area contributed by atoms with Gasteiger partial charge >= 0.3 is 0 Å². The molecule has 4 rings (SSSR count). The van der Waals surface area contributed by atoms with E-state index in [1.165, 1.54) is 44.6 Å². The number of rotatable bonds is 8. The summed E-state index contributed by atoms with van der Waals surface area (Å²) in [5, 5.41) is 2.84. The van der Waals surface area contributed by atoms with Crippen molar-refractivity contribution < 1.29 is 27.8 Å². The summed E-state index contributed by atoms with van der Waals surface area (Å²) in [4.78, 5) is 27.0. The summed E-state index contributed by atoms with van der Waals surface area (Å²) < 4.78 is 37.6. The lowest BCUT2D eigenvalue weighted by Crippen LogP contribution is -2.38. The van der Waals surface area contributed by atoms with E-state index in [-0.39, 0.29) is 30.4 Å². The van der Waals surface area contributed by atoms with Gasteiger partial charge in [-0.05, 0) is 72.4 Å². The molecule has 1 aliphatic rings. The fraction of sp³-hybridized carbons (Fsp3) is 0.310. The van der Waals surface area contributed by atoms with Crippen molar-refractivity contribution in [1.82, 2.24) is 4.90 Å². The number of carbonyl (C=O) groups is 2. The lowest BCUT2D eigenvalue weighted by atomic mass is 9.89. The second kappa shape index (κ2) is 11.9. The molecule has 0 radical (unpaired) electrons. The van der Waals surface area contributed by atoms with Crippen LogP contribution in [0.4, 0.5) is 14.5 Å². The first-order chi connectivity index (χ1) is 17.9.